The molecule has 1 fully saturated rings. The first kappa shape index (κ1) is 18.8. The third-order valence-electron chi connectivity index (χ3n) is 5.53. The van der Waals surface area contributed by atoms with Crippen LogP contribution in [0.3, 0.4) is 0 Å². The fourth-order valence-electron chi connectivity index (χ4n) is 4.15. The summed E-state index contributed by atoms with van der Waals surface area (Å²) in [5.74, 6) is -0.665. The van der Waals surface area contributed by atoms with Crippen LogP contribution in [0.5, 0.6) is 5.75 Å². The first-order chi connectivity index (χ1) is 13.6. The van der Waals surface area contributed by atoms with Crippen LogP contribution in [0.1, 0.15) is 18.4 Å². The van der Waals surface area contributed by atoms with E-state index >= 15 is 0 Å². The Balaban J connectivity index is 1.51. The minimum absolute atomic E-state index is 0.0393. The van der Waals surface area contributed by atoms with E-state index in [1.54, 1.807) is 24.3 Å². The second kappa shape index (κ2) is 8.19. The lowest BCUT2D eigenvalue weighted by Gasteiger charge is -2.41. The number of esters is 1. The molecule has 0 N–H and O–H groups in total. The summed E-state index contributed by atoms with van der Waals surface area (Å²) in [6, 6.07) is 16.7. The number of hydrogen-bond acceptors (Lipinski definition) is 3. The number of piperidine rings is 1. The molecule has 0 aromatic heterocycles. The van der Waals surface area contributed by atoms with E-state index in [0.29, 0.717) is 30.3 Å². The van der Waals surface area contributed by atoms with E-state index in [2.05, 4.69) is 6.08 Å². The van der Waals surface area contributed by atoms with Crippen LogP contribution in [-0.2, 0) is 16.1 Å². The van der Waals surface area contributed by atoms with Crippen LogP contribution in [0.15, 0.2) is 66.7 Å². The third kappa shape index (κ3) is 3.97. The molecule has 2 aliphatic rings. The molecule has 4 rings (SSSR count). The molecule has 5 heteroatoms. The highest BCUT2D eigenvalue weighted by Gasteiger charge is 2.45. The molecular weight excluding hydrogens is 374 g/mol. The highest BCUT2D eigenvalue weighted by atomic mass is 35.5. The Labute approximate surface area is 169 Å². The fraction of sp³-hybridized carbons (Fsp3) is 0.304. The van der Waals surface area contributed by atoms with E-state index in [4.69, 9.17) is 16.3 Å². The van der Waals surface area contributed by atoms with Crippen molar-refractivity contribution in [2.75, 3.05) is 6.54 Å². The molecule has 2 aromatic rings. The Kier molecular flexibility index (Phi) is 5.49. The normalized spacial score (nSPS) is 24.0. The van der Waals surface area contributed by atoms with Gasteiger partial charge in [0.25, 0.3) is 0 Å². The number of likely N-dealkylation sites (tertiary alicyclic amines) is 1. The molecule has 0 saturated carbocycles. The van der Waals surface area contributed by atoms with Gasteiger partial charge in [-0.2, -0.15) is 0 Å². The summed E-state index contributed by atoms with van der Waals surface area (Å²) in [5.41, 5.74) is 1.10. The number of amides is 1. The fourth-order valence-corrected chi connectivity index (χ4v) is 4.33. The number of halogens is 1. The van der Waals surface area contributed by atoms with E-state index in [1.165, 1.54) is 0 Å². The van der Waals surface area contributed by atoms with Gasteiger partial charge < -0.3 is 9.64 Å². The summed E-state index contributed by atoms with van der Waals surface area (Å²) in [6.45, 7) is 1.28. The van der Waals surface area contributed by atoms with Crippen LogP contribution in [0, 0.1) is 17.8 Å². The third-order valence-corrected chi connectivity index (χ3v) is 5.77. The Morgan fingerprint density at radius 2 is 1.96 bits per heavy atom. The van der Waals surface area contributed by atoms with Crippen molar-refractivity contribution in [3.63, 3.8) is 0 Å². The second-order valence-electron chi connectivity index (χ2n) is 7.37. The lowest BCUT2D eigenvalue weighted by atomic mass is 9.71. The van der Waals surface area contributed by atoms with Crippen molar-refractivity contribution in [1.29, 1.82) is 0 Å². The predicted molar refractivity (Wildman–Crippen MR) is 108 cm³/mol. The van der Waals surface area contributed by atoms with Crippen LogP contribution >= 0.6 is 11.6 Å². The molecule has 28 heavy (non-hydrogen) atoms. The molecule has 0 spiro atoms. The van der Waals surface area contributed by atoms with Crippen LogP contribution in [0.4, 0.5) is 0 Å². The minimum Gasteiger partial charge on any atom is -0.426 e. The zero-order valence-corrected chi connectivity index (χ0v) is 16.2. The molecule has 1 aliphatic carbocycles. The van der Waals surface area contributed by atoms with Gasteiger partial charge in [0.1, 0.15) is 5.75 Å². The summed E-state index contributed by atoms with van der Waals surface area (Å²) in [7, 11) is 0. The minimum atomic E-state index is -0.472. The van der Waals surface area contributed by atoms with Crippen molar-refractivity contribution in [3.05, 3.63) is 77.3 Å². The Morgan fingerprint density at radius 1 is 1.14 bits per heavy atom. The van der Waals surface area contributed by atoms with Crippen molar-refractivity contribution in [2.24, 2.45) is 17.8 Å². The van der Waals surface area contributed by atoms with E-state index in [9.17, 15) is 9.59 Å². The Bertz CT molecular complexity index is 896. The van der Waals surface area contributed by atoms with E-state index in [-0.39, 0.29) is 23.7 Å². The monoisotopic (exact) mass is 395 g/mol. The number of benzene rings is 2. The summed E-state index contributed by atoms with van der Waals surface area (Å²) in [6.07, 6.45) is 5.48. The standard InChI is InChI=1S/C23H22ClNO3/c24-18-9-5-10-19(14-18)28-23(27)20-11-4-8-17-12-13-25(22(26)21(17)20)15-16-6-2-1-3-7-16/h1-10,14,17,20-21H,11-13,15H2/t17-,20-,21+/m0/s1. The highest BCUT2D eigenvalue weighted by molar-refractivity contribution is 6.30. The van der Waals surface area contributed by atoms with E-state index < -0.39 is 5.92 Å². The van der Waals surface area contributed by atoms with Gasteiger partial charge in [0, 0.05) is 18.1 Å². The maximum absolute atomic E-state index is 13.2. The first-order valence-corrected chi connectivity index (χ1v) is 9.96. The lowest BCUT2D eigenvalue weighted by molar-refractivity contribution is -0.153. The van der Waals surface area contributed by atoms with Crippen LogP contribution < -0.4 is 4.74 Å². The number of hydrogen-bond donors (Lipinski definition) is 0. The van der Waals surface area contributed by atoms with Crippen molar-refractivity contribution in [1.82, 2.24) is 4.90 Å². The van der Waals surface area contributed by atoms with E-state index in [0.717, 1.165) is 12.0 Å². The van der Waals surface area contributed by atoms with Gasteiger partial charge >= 0.3 is 5.97 Å². The molecule has 0 unspecified atom stereocenters. The molecule has 144 valence electrons. The number of carbonyl (C=O) groups excluding carboxylic acids is 2. The zero-order chi connectivity index (χ0) is 19.5. The van der Waals surface area contributed by atoms with Crippen LogP contribution in [-0.4, -0.2) is 23.3 Å². The average Bonchev–Trinajstić information content (AvgIpc) is 2.70. The molecule has 1 heterocycles. The maximum Gasteiger partial charge on any atom is 0.315 e. The number of allylic oxidation sites excluding steroid dienone is 2. The van der Waals surface area contributed by atoms with Gasteiger partial charge in [-0.05, 0) is 42.5 Å². The van der Waals surface area contributed by atoms with Gasteiger partial charge in [0.05, 0.1) is 11.8 Å². The van der Waals surface area contributed by atoms with Gasteiger partial charge in [-0.1, -0.05) is 60.2 Å². The first-order valence-electron chi connectivity index (χ1n) is 9.58. The Morgan fingerprint density at radius 3 is 2.75 bits per heavy atom. The summed E-state index contributed by atoms with van der Waals surface area (Å²) in [5, 5.41) is 0.509. The number of fused-ring (bicyclic) bond motifs is 1. The molecule has 1 saturated heterocycles. The Hall–Kier alpha value is -2.59. The molecule has 1 amide bonds. The van der Waals surface area contributed by atoms with Gasteiger partial charge in [-0.25, -0.2) is 0 Å². The quantitative estimate of drug-likeness (QED) is 0.435. The highest BCUT2D eigenvalue weighted by Crippen LogP contribution is 2.38. The maximum atomic E-state index is 13.2. The van der Waals surface area contributed by atoms with Crippen LogP contribution in [0.25, 0.3) is 0 Å². The number of ether oxygens (including phenoxy) is 1. The number of rotatable bonds is 4. The molecule has 0 radical (unpaired) electrons. The molecule has 1 aliphatic heterocycles. The van der Waals surface area contributed by atoms with Gasteiger partial charge in [0.2, 0.25) is 5.91 Å². The largest absolute Gasteiger partial charge is 0.426 e. The zero-order valence-electron chi connectivity index (χ0n) is 15.5. The van der Waals surface area contributed by atoms with Crippen molar-refractivity contribution in [2.45, 2.75) is 19.4 Å². The molecule has 4 nitrogen and oxygen atoms in total. The van der Waals surface area contributed by atoms with Gasteiger partial charge in [0.15, 0.2) is 0 Å². The van der Waals surface area contributed by atoms with Crippen molar-refractivity contribution < 1.29 is 14.3 Å². The SMILES string of the molecule is O=C(Oc1cccc(Cl)c1)[C@H]1CC=C[C@H]2CCN(Cc3ccccc3)C(=O)[C@@H]12. The molecular formula is C23H22ClNO3. The smallest absolute Gasteiger partial charge is 0.315 e. The average molecular weight is 396 g/mol. The number of carbonyl (C=O) groups is 2. The second-order valence-corrected chi connectivity index (χ2v) is 7.81. The summed E-state index contributed by atoms with van der Waals surface area (Å²) >= 11 is 5.98. The molecule has 0 bridgehead atoms. The molecule has 2 aromatic carbocycles. The summed E-state index contributed by atoms with van der Waals surface area (Å²) < 4.78 is 5.56. The number of nitrogens with zero attached hydrogens (tertiary/aromatic N) is 1. The van der Waals surface area contributed by atoms with Crippen LogP contribution in [0.2, 0.25) is 5.02 Å². The summed E-state index contributed by atoms with van der Waals surface area (Å²) in [4.78, 5) is 28.0. The predicted octanol–water partition coefficient (Wildman–Crippen LogP) is 4.49. The van der Waals surface area contributed by atoms with Crippen molar-refractivity contribution >= 4 is 23.5 Å². The topological polar surface area (TPSA) is 46.6 Å². The molecule has 3 atom stereocenters. The van der Waals surface area contributed by atoms with E-state index in [1.807, 2.05) is 41.3 Å². The lowest BCUT2D eigenvalue weighted by Crippen LogP contribution is -2.50. The van der Waals surface area contributed by atoms with Gasteiger partial charge in [-0.3, -0.25) is 9.59 Å². The van der Waals surface area contributed by atoms with Crippen molar-refractivity contribution in [3.8, 4) is 5.75 Å². The van der Waals surface area contributed by atoms with Gasteiger partial charge in [-0.15, -0.1) is 0 Å².